The van der Waals surface area contributed by atoms with E-state index in [-0.39, 0.29) is 11.1 Å². The van der Waals surface area contributed by atoms with Gasteiger partial charge in [-0.1, -0.05) is 93.6 Å². The van der Waals surface area contributed by atoms with E-state index in [1.807, 2.05) is 17.8 Å². The highest BCUT2D eigenvalue weighted by Gasteiger charge is 2.51. The smallest absolute Gasteiger partial charge is 0.261 e. The highest BCUT2D eigenvalue weighted by Crippen LogP contribution is 2.38. The molecule has 0 saturated carbocycles. The maximum atomic E-state index is 11.0. The van der Waals surface area contributed by atoms with Crippen molar-refractivity contribution in [2.75, 3.05) is 5.75 Å². The van der Waals surface area contributed by atoms with Crippen LogP contribution >= 0.6 is 11.8 Å². The maximum absolute atomic E-state index is 11.0. The third kappa shape index (κ3) is 6.05. The molecule has 0 aliphatic carbocycles. The number of benzene rings is 2. The van der Waals surface area contributed by atoms with Crippen molar-refractivity contribution in [3.8, 4) is 0 Å². The van der Waals surface area contributed by atoms with Gasteiger partial charge in [0.15, 0.2) is 0 Å². The van der Waals surface area contributed by atoms with Crippen LogP contribution in [0.5, 0.6) is 0 Å². The Morgan fingerprint density at radius 2 is 1.66 bits per heavy atom. The molecule has 0 aromatic heterocycles. The van der Waals surface area contributed by atoms with E-state index >= 15 is 0 Å². The Labute approximate surface area is 199 Å². The number of hydrogen-bond donors (Lipinski definition) is 1. The first-order valence-corrected chi connectivity index (χ1v) is 14.7. The third-order valence-electron chi connectivity index (χ3n) is 6.17. The summed E-state index contributed by atoms with van der Waals surface area (Å²) in [5, 5.41) is 13.4. The number of allylic oxidation sites excluding steroid dienone is 1. The minimum absolute atomic E-state index is 0.0806. The lowest BCUT2D eigenvalue weighted by atomic mass is 10.1. The molecule has 0 unspecified atom stereocenters. The molecule has 2 aromatic carbocycles. The topological polar surface area (TPSA) is 29.5 Å². The summed E-state index contributed by atoms with van der Waals surface area (Å²) in [6, 6.07) is 21.4. The monoisotopic (exact) mass is 466 g/mol. The van der Waals surface area contributed by atoms with Crippen molar-refractivity contribution in [1.82, 2.24) is 0 Å². The normalized spacial score (nSPS) is 16.8. The van der Waals surface area contributed by atoms with Crippen LogP contribution in [0.2, 0.25) is 5.04 Å². The predicted octanol–water partition coefficient (Wildman–Crippen LogP) is 6.06. The summed E-state index contributed by atoms with van der Waals surface area (Å²) in [6.45, 7) is 10.9. The fourth-order valence-corrected chi connectivity index (χ4v) is 10.5. The van der Waals surface area contributed by atoms with Crippen molar-refractivity contribution < 1.29 is 9.53 Å². The Hall–Kier alpha value is -1.59. The average Bonchev–Trinajstić information content (AvgIpc) is 2.78. The van der Waals surface area contributed by atoms with Gasteiger partial charge < -0.3 is 9.53 Å². The molecule has 0 fully saturated rings. The van der Waals surface area contributed by atoms with Crippen LogP contribution in [0.3, 0.4) is 0 Å². The molecule has 3 rings (SSSR count). The number of thioether (sulfide) groups is 1. The molecule has 0 spiro atoms. The van der Waals surface area contributed by atoms with E-state index in [1.165, 1.54) is 21.7 Å². The molecule has 0 radical (unpaired) electrons. The van der Waals surface area contributed by atoms with E-state index in [2.05, 4.69) is 94.1 Å². The molecule has 1 aliphatic rings. The van der Waals surface area contributed by atoms with E-state index in [0.29, 0.717) is 6.42 Å². The lowest BCUT2D eigenvalue weighted by molar-refractivity contribution is 0.0913. The minimum atomic E-state index is -2.65. The molecule has 2 atom stereocenters. The molecule has 0 saturated heterocycles. The summed E-state index contributed by atoms with van der Waals surface area (Å²) in [7, 11) is -2.65. The lowest BCUT2D eigenvalue weighted by Crippen LogP contribution is -2.67. The Morgan fingerprint density at radius 1 is 1.06 bits per heavy atom. The van der Waals surface area contributed by atoms with E-state index in [1.54, 1.807) is 0 Å². The van der Waals surface area contributed by atoms with Crippen LogP contribution in [-0.4, -0.2) is 31.4 Å². The zero-order valence-electron chi connectivity index (χ0n) is 19.8. The van der Waals surface area contributed by atoms with E-state index in [9.17, 15) is 5.11 Å². The molecule has 1 N–H and O–H groups in total. The molecule has 1 aliphatic heterocycles. The number of rotatable bonds is 10. The van der Waals surface area contributed by atoms with Gasteiger partial charge in [0.2, 0.25) is 0 Å². The largest absolute Gasteiger partial charge is 0.404 e. The van der Waals surface area contributed by atoms with Gasteiger partial charge in [0.1, 0.15) is 0 Å². The molecule has 2 nitrogen and oxygen atoms in total. The van der Waals surface area contributed by atoms with Gasteiger partial charge in [-0.15, -0.1) is 18.3 Å². The van der Waals surface area contributed by atoms with Gasteiger partial charge in [0.25, 0.3) is 8.32 Å². The average molecular weight is 467 g/mol. The van der Waals surface area contributed by atoms with E-state index in [4.69, 9.17) is 4.43 Å². The van der Waals surface area contributed by atoms with Crippen LogP contribution in [0.15, 0.2) is 84.3 Å². The van der Waals surface area contributed by atoms with Gasteiger partial charge in [-0.25, -0.2) is 0 Å². The second-order valence-corrected chi connectivity index (χ2v) is 15.2. The minimum Gasteiger partial charge on any atom is -0.404 e. The summed E-state index contributed by atoms with van der Waals surface area (Å²) < 4.78 is 7.26. The van der Waals surface area contributed by atoms with Gasteiger partial charge in [-0.2, -0.15) is 0 Å². The quantitative estimate of drug-likeness (QED) is 0.341. The van der Waals surface area contributed by atoms with Gasteiger partial charge in [0, 0.05) is 6.42 Å². The first-order chi connectivity index (χ1) is 15.4. The third-order valence-corrected chi connectivity index (χ3v) is 12.5. The van der Waals surface area contributed by atoms with Crippen LogP contribution in [0.25, 0.3) is 0 Å². The first kappa shape index (κ1) is 25.0. The summed E-state index contributed by atoms with van der Waals surface area (Å²) in [5.41, 5.74) is 0. The van der Waals surface area contributed by atoms with Gasteiger partial charge >= 0.3 is 0 Å². The summed E-state index contributed by atoms with van der Waals surface area (Å²) in [4.78, 5) is 1.33. The van der Waals surface area contributed by atoms with Crippen molar-refractivity contribution in [3.63, 3.8) is 0 Å². The maximum Gasteiger partial charge on any atom is 0.261 e. The van der Waals surface area contributed by atoms with Crippen LogP contribution in [-0.2, 0) is 4.43 Å². The molecule has 0 amide bonds. The Balaban J connectivity index is 1.95. The van der Waals surface area contributed by atoms with Crippen molar-refractivity contribution >= 4 is 30.5 Å². The van der Waals surface area contributed by atoms with Crippen molar-refractivity contribution in [3.05, 3.63) is 84.3 Å². The fourth-order valence-electron chi connectivity index (χ4n) is 4.69. The Morgan fingerprint density at radius 3 is 2.12 bits per heavy atom. The molecule has 4 heteroatoms. The summed E-state index contributed by atoms with van der Waals surface area (Å²) in [5.74, 6) is 1.16. The molecule has 0 bridgehead atoms. The molecule has 2 aromatic rings. The second kappa shape index (κ2) is 11.5. The van der Waals surface area contributed by atoms with Crippen molar-refractivity contribution in [2.45, 2.75) is 70.1 Å². The fraction of sp³-hybridized carbons (Fsp3) is 0.429. The van der Waals surface area contributed by atoms with Gasteiger partial charge in [-0.3, -0.25) is 0 Å². The van der Waals surface area contributed by atoms with Crippen molar-refractivity contribution in [1.29, 1.82) is 0 Å². The highest BCUT2D eigenvalue weighted by atomic mass is 32.2. The Kier molecular flexibility index (Phi) is 9.01. The predicted molar refractivity (Wildman–Crippen MR) is 142 cm³/mol. The van der Waals surface area contributed by atoms with Crippen LogP contribution in [0, 0.1) is 0 Å². The number of hydrogen-bond acceptors (Lipinski definition) is 3. The summed E-state index contributed by atoms with van der Waals surface area (Å²) >= 11 is 1.89. The second-order valence-electron chi connectivity index (χ2n) is 9.68. The SMILES string of the molecule is C=CC[C@@H](C[C@H](O)CC1=CCCCS1)O[Si](c1ccccc1)(c1ccccc1)C(C)(C)C. The summed E-state index contributed by atoms with van der Waals surface area (Å²) in [6.07, 6.45) is 8.18. The van der Waals surface area contributed by atoms with Gasteiger partial charge in [-0.05, 0) is 51.8 Å². The van der Waals surface area contributed by atoms with Crippen LogP contribution < -0.4 is 10.4 Å². The van der Waals surface area contributed by atoms with Crippen LogP contribution in [0.1, 0.15) is 52.9 Å². The Bertz CT molecular complexity index is 834. The zero-order chi connectivity index (χ0) is 23.0. The number of aliphatic hydroxyl groups is 1. The van der Waals surface area contributed by atoms with Gasteiger partial charge in [0.05, 0.1) is 12.2 Å². The van der Waals surface area contributed by atoms with Crippen LogP contribution in [0.4, 0.5) is 0 Å². The van der Waals surface area contributed by atoms with E-state index < -0.39 is 14.4 Å². The standard InChI is InChI=1S/C28H38O2SSi/c1-5-14-24(21-23(29)22-25-15-12-13-20-31-25)30-32(28(2,3)4,26-16-8-6-9-17-26)27-18-10-7-11-19-27/h5-11,15-19,23-24,29H,1,12-14,20-22H2,2-4H3/t23-,24-/m0/s1. The molecular formula is C28H38O2SSi. The van der Waals surface area contributed by atoms with E-state index in [0.717, 1.165) is 25.0 Å². The number of aliphatic hydroxyl groups excluding tert-OH is 1. The molecule has 172 valence electrons. The van der Waals surface area contributed by atoms with Crippen molar-refractivity contribution in [2.24, 2.45) is 0 Å². The highest BCUT2D eigenvalue weighted by molar-refractivity contribution is 8.03. The lowest BCUT2D eigenvalue weighted by Gasteiger charge is -2.45. The molecule has 1 heterocycles. The molecule has 32 heavy (non-hydrogen) atoms. The first-order valence-electron chi connectivity index (χ1n) is 11.8. The zero-order valence-corrected chi connectivity index (χ0v) is 21.6. The molecular weight excluding hydrogens is 428 g/mol.